The smallest absolute Gasteiger partial charge is 0.220 e. The van der Waals surface area contributed by atoms with Crippen LogP contribution in [-0.2, 0) is 4.79 Å². The Bertz CT molecular complexity index is 108. The third-order valence-corrected chi connectivity index (χ3v) is 2.01. The Kier molecular flexibility index (Phi) is 4.03. The largest absolute Gasteiger partial charge is 0.412 e. The monoisotopic (exact) mass is 145 g/mol. The number of amides is 1. The molecule has 4 N–H and O–H groups in total. The molecule has 0 aliphatic heterocycles. The molecule has 1 amide bonds. The van der Waals surface area contributed by atoms with Crippen molar-refractivity contribution in [1.29, 1.82) is 0 Å². The normalized spacial score (nSPS) is 19.6. The van der Waals surface area contributed by atoms with E-state index in [1.807, 2.05) is 0 Å². The van der Waals surface area contributed by atoms with Gasteiger partial charge in [0.1, 0.15) is 0 Å². The predicted molar refractivity (Wildman–Crippen MR) is 39.4 cm³/mol. The van der Waals surface area contributed by atoms with Gasteiger partial charge in [-0.3, -0.25) is 4.79 Å². The average Bonchev–Trinajstić information content (AvgIpc) is 1.90. The molecule has 1 saturated carbocycles. The summed E-state index contributed by atoms with van der Waals surface area (Å²) >= 11 is 0. The van der Waals surface area contributed by atoms with E-state index in [9.17, 15) is 4.79 Å². The molecule has 1 rings (SSSR count). The van der Waals surface area contributed by atoms with Crippen LogP contribution in [0, 0.1) is 5.92 Å². The lowest BCUT2D eigenvalue weighted by atomic mass is 9.89. The molecule has 1 aliphatic rings. The van der Waals surface area contributed by atoms with Gasteiger partial charge in [-0.25, -0.2) is 0 Å². The second-order valence-electron chi connectivity index (χ2n) is 2.74. The number of carbonyl (C=O) groups excluding carboxylic acids is 1. The van der Waals surface area contributed by atoms with Gasteiger partial charge in [0.2, 0.25) is 5.91 Å². The van der Waals surface area contributed by atoms with E-state index in [2.05, 4.69) is 0 Å². The highest BCUT2D eigenvalue weighted by molar-refractivity contribution is 5.76. The van der Waals surface area contributed by atoms with Gasteiger partial charge in [0.05, 0.1) is 0 Å². The van der Waals surface area contributed by atoms with Crippen LogP contribution in [0.3, 0.4) is 0 Å². The molecule has 0 heterocycles. The summed E-state index contributed by atoms with van der Waals surface area (Å²) in [5.74, 6) is 0.0912. The van der Waals surface area contributed by atoms with E-state index >= 15 is 0 Å². The number of hydrogen-bond donors (Lipinski definition) is 1. The van der Waals surface area contributed by atoms with Crippen molar-refractivity contribution < 1.29 is 10.3 Å². The molecule has 0 unspecified atom stereocenters. The Labute approximate surface area is 60.9 Å². The third-order valence-electron chi connectivity index (χ3n) is 2.01. The first-order valence-corrected chi connectivity index (χ1v) is 3.60. The van der Waals surface area contributed by atoms with Crippen LogP contribution in [0.2, 0.25) is 0 Å². The molecule has 0 aromatic heterocycles. The zero-order valence-electron chi connectivity index (χ0n) is 6.10. The molecule has 1 fully saturated rings. The number of primary amides is 1. The minimum Gasteiger partial charge on any atom is -0.412 e. The maximum Gasteiger partial charge on any atom is 0.220 e. The van der Waals surface area contributed by atoms with Crippen LogP contribution in [0.5, 0.6) is 0 Å². The van der Waals surface area contributed by atoms with E-state index in [4.69, 9.17) is 5.73 Å². The Hall–Kier alpha value is -0.570. The standard InChI is InChI=1S/C7H13NO.H2O/c8-7(9)6-4-2-1-3-5-6;/h6H,1-5H2,(H2,8,9);1H2. The van der Waals surface area contributed by atoms with E-state index in [0.717, 1.165) is 12.8 Å². The topological polar surface area (TPSA) is 74.6 Å². The summed E-state index contributed by atoms with van der Waals surface area (Å²) in [5.41, 5.74) is 5.13. The van der Waals surface area contributed by atoms with Gasteiger partial charge in [0, 0.05) is 5.92 Å². The van der Waals surface area contributed by atoms with Crippen molar-refractivity contribution in [3.8, 4) is 0 Å². The van der Waals surface area contributed by atoms with Crippen molar-refractivity contribution in [3.63, 3.8) is 0 Å². The van der Waals surface area contributed by atoms with Crippen molar-refractivity contribution in [1.82, 2.24) is 0 Å². The van der Waals surface area contributed by atoms with Gasteiger partial charge in [0.25, 0.3) is 0 Å². The Morgan fingerprint density at radius 3 is 2.00 bits per heavy atom. The molecule has 0 spiro atoms. The summed E-state index contributed by atoms with van der Waals surface area (Å²) in [4.78, 5) is 10.6. The molecule has 0 aromatic carbocycles. The number of carbonyl (C=O) groups is 1. The van der Waals surface area contributed by atoms with Crippen molar-refractivity contribution in [2.45, 2.75) is 32.1 Å². The summed E-state index contributed by atoms with van der Waals surface area (Å²) in [6, 6.07) is 0. The van der Waals surface area contributed by atoms with Gasteiger partial charge in [-0.2, -0.15) is 0 Å². The van der Waals surface area contributed by atoms with Gasteiger partial charge in [-0.1, -0.05) is 19.3 Å². The molecule has 10 heavy (non-hydrogen) atoms. The lowest BCUT2D eigenvalue weighted by molar-refractivity contribution is -0.122. The fourth-order valence-corrected chi connectivity index (χ4v) is 1.39. The van der Waals surface area contributed by atoms with Crippen LogP contribution >= 0.6 is 0 Å². The first-order chi connectivity index (χ1) is 4.30. The van der Waals surface area contributed by atoms with E-state index in [1.165, 1.54) is 19.3 Å². The van der Waals surface area contributed by atoms with Gasteiger partial charge in [-0.15, -0.1) is 0 Å². The minimum atomic E-state index is -0.102. The van der Waals surface area contributed by atoms with E-state index in [1.54, 1.807) is 0 Å². The quantitative estimate of drug-likeness (QED) is 0.563. The summed E-state index contributed by atoms with van der Waals surface area (Å²) in [5, 5.41) is 0. The number of rotatable bonds is 1. The maximum absolute atomic E-state index is 10.6. The van der Waals surface area contributed by atoms with Crippen LogP contribution in [0.15, 0.2) is 0 Å². The Morgan fingerprint density at radius 1 is 1.20 bits per heavy atom. The van der Waals surface area contributed by atoms with Gasteiger partial charge >= 0.3 is 0 Å². The van der Waals surface area contributed by atoms with E-state index in [-0.39, 0.29) is 17.3 Å². The fraction of sp³-hybridized carbons (Fsp3) is 0.857. The third kappa shape index (κ3) is 2.35. The summed E-state index contributed by atoms with van der Waals surface area (Å²) in [6.45, 7) is 0. The molecule has 3 heteroatoms. The number of nitrogens with two attached hydrogens (primary N) is 1. The highest BCUT2D eigenvalue weighted by Crippen LogP contribution is 2.22. The van der Waals surface area contributed by atoms with Crippen molar-refractivity contribution in [2.24, 2.45) is 11.7 Å². The second-order valence-corrected chi connectivity index (χ2v) is 2.74. The van der Waals surface area contributed by atoms with Crippen LogP contribution in [-0.4, -0.2) is 11.4 Å². The van der Waals surface area contributed by atoms with Crippen molar-refractivity contribution in [3.05, 3.63) is 0 Å². The molecule has 0 atom stereocenters. The average molecular weight is 145 g/mol. The first-order valence-electron chi connectivity index (χ1n) is 3.60. The van der Waals surface area contributed by atoms with Crippen molar-refractivity contribution in [2.75, 3.05) is 0 Å². The lowest BCUT2D eigenvalue weighted by Gasteiger charge is -2.17. The highest BCUT2D eigenvalue weighted by atomic mass is 16.1. The van der Waals surface area contributed by atoms with Crippen LogP contribution in [0.4, 0.5) is 0 Å². The van der Waals surface area contributed by atoms with Gasteiger partial charge < -0.3 is 11.2 Å². The molecule has 3 nitrogen and oxygen atoms in total. The van der Waals surface area contributed by atoms with Crippen LogP contribution in [0.1, 0.15) is 32.1 Å². The molecule has 0 saturated heterocycles. The lowest BCUT2D eigenvalue weighted by Crippen LogP contribution is -2.24. The number of hydrogen-bond acceptors (Lipinski definition) is 1. The molecule has 60 valence electrons. The molecule has 0 aromatic rings. The Balaban J connectivity index is 0.000000810. The van der Waals surface area contributed by atoms with Crippen molar-refractivity contribution >= 4 is 5.91 Å². The van der Waals surface area contributed by atoms with Gasteiger partial charge in [-0.05, 0) is 12.8 Å². The van der Waals surface area contributed by atoms with E-state index < -0.39 is 0 Å². The van der Waals surface area contributed by atoms with Gasteiger partial charge in [0.15, 0.2) is 0 Å². The maximum atomic E-state index is 10.6. The predicted octanol–water partition coefficient (Wildman–Crippen LogP) is 0.227. The summed E-state index contributed by atoms with van der Waals surface area (Å²) in [7, 11) is 0. The highest BCUT2D eigenvalue weighted by Gasteiger charge is 2.17. The molecular weight excluding hydrogens is 130 g/mol. The molecular formula is C7H15NO2. The first kappa shape index (κ1) is 9.43. The van der Waals surface area contributed by atoms with E-state index in [0.29, 0.717) is 0 Å². The van der Waals surface area contributed by atoms with Crippen LogP contribution in [0.25, 0.3) is 0 Å². The molecule has 0 bridgehead atoms. The SMILES string of the molecule is NC(=O)C1CCCCC1.O. The fourth-order valence-electron chi connectivity index (χ4n) is 1.39. The zero-order chi connectivity index (χ0) is 6.69. The Morgan fingerprint density at radius 2 is 1.70 bits per heavy atom. The minimum absolute atomic E-state index is 0. The summed E-state index contributed by atoms with van der Waals surface area (Å²) < 4.78 is 0. The summed E-state index contributed by atoms with van der Waals surface area (Å²) in [6.07, 6.45) is 5.70. The molecule has 1 aliphatic carbocycles. The zero-order valence-corrected chi connectivity index (χ0v) is 6.10. The second kappa shape index (κ2) is 4.28. The molecule has 0 radical (unpaired) electrons. The van der Waals surface area contributed by atoms with Crippen LogP contribution < -0.4 is 5.73 Å².